The third kappa shape index (κ3) is 4.63. The van der Waals surface area contributed by atoms with Crippen molar-refractivity contribution in [3.05, 3.63) is 47.0 Å². The lowest BCUT2D eigenvalue weighted by Crippen LogP contribution is -2.14. The largest absolute Gasteiger partial charge is 0.496 e. The molecule has 0 aromatic heterocycles. The Morgan fingerprint density at radius 1 is 1.24 bits per heavy atom. The van der Waals surface area contributed by atoms with Gasteiger partial charge in [0.15, 0.2) is 0 Å². The number of sulfonamides is 1. The minimum atomic E-state index is -3.98. The van der Waals surface area contributed by atoms with Gasteiger partial charge in [0.25, 0.3) is 0 Å². The van der Waals surface area contributed by atoms with Gasteiger partial charge in [-0.1, -0.05) is 0 Å². The number of hydrogen-bond acceptors (Lipinski definition) is 7. The Kier molecular flexibility index (Phi) is 5.99. The highest BCUT2D eigenvalue weighted by Gasteiger charge is 2.23. The van der Waals surface area contributed by atoms with Crippen LogP contribution in [0.15, 0.2) is 35.2 Å². The van der Waals surface area contributed by atoms with Crippen LogP contribution in [0.4, 0.5) is 0 Å². The van der Waals surface area contributed by atoms with Crippen LogP contribution in [0.3, 0.4) is 0 Å². The smallest absolute Gasteiger partial charge is 0.342 e. The van der Waals surface area contributed by atoms with E-state index in [-0.39, 0.29) is 28.9 Å². The highest BCUT2D eigenvalue weighted by Crippen LogP contribution is 2.35. The molecule has 0 fully saturated rings. The van der Waals surface area contributed by atoms with Crippen LogP contribution in [0.5, 0.6) is 17.2 Å². The quantitative estimate of drug-likeness (QED) is 0.683. The van der Waals surface area contributed by atoms with Gasteiger partial charge in [-0.15, -0.1) is 0 Å². The minimum absolute atomic E-state index is 0.0389. The van der Waals surface area contributed by atoms with Crippen molar-refractivity contribution in [1.29, 1.82) is 0 Å². The van der Waals surface area contributed by atoms with E-state index in [1.165, 1.54) is 19.2 Å². The lowest BCUT2D eigenvalue weighted by atomic mass is 10.1. The number of ether oxygens (including phenoxy) is 4. The number of hydrogen-bond donors (Lipinski definition) is 1. The normalized spacial score (nSPS) is 15.4. The van der Waals surface area contributed by atoms with E-state index in [4.69, 9.17) is 24.1 Å². The van der Waals surface area contributed by atoms with Crippen molar-refractivity contribution in [3.8, 4) is 17.2 Å². The van der Waals surface area contributed by atoms with Gasteiger partial charge in [-0.2, -0.15) is 0 Å². The molecule has 0 spiro atoms. The number of nitrogens with two attached hydrogens (primary N) is 1. The van der Waals surface area contributed by atoms with Crippen molar-refractivity contribution >= 4 is 16.0 Å². The van der Waals surface area contributed by atoms with Crippen LogP contribution in [-0.2, 0) is 27.8 Å². The molecule has 0 amide bonds. The second-order valence-electron chi connectivity index (χ2n) is 6.62. The molecule has 3 rings (SSSR count). The second kappa shape index (κ2) is 8.30. The van der Waals surface area contributed by atoms with Gasteiger partial charge in [0, 0.05) is 17.5 Å². The minimum Gasteiger partial charge on any atom is -0.496 e. The SMILES string of the molecule is CCOc1cc2c(cc1COC(=O)c1cc(S(N)(=O)=O)ccc1OC)O[C@H](C)C2. The summed E-state index contributed by atoms with van der Waals surface area (Å²) in [6.45, 7) is 4.22. The van der Waals surface area contributed by atoms with Crippen LogP contribution >= 0.6 is 0 Å². The van der Waals surface area contributed by atoms with Crippen molar-refractivity contribution in [2.75, 3.05) is 13.7 Å². The highest BCUT2D eigenvalue weighted by molar-refractivity contribution is 7.89. The monoisotopic (exact) mass is 421 g/mol. The van der Waals surface area contributed by atoms with E-state index < -0.39 is 16.0 Å². The van der Waals surface area contributed by atoms with Crippen molar-refractivity contribution in [1.82, 2.24) is 0 Å². The molecular weight excluding hydrogens is 398 g/mol. The molecule has 0 bridgehead atoms. The molecule has 8 nitrogen and oxygen atoms in total. The first kappa shape index (κ1) is 20.9. The number of fused-ring (bicyclic) bond motifs is 1. The summed E-state index contributed by atoms with van der Waals surface area (Å²) in [5, 5.41) is 5.15. The summed E-state index contributed by atoms with van der Waals surface area (Å²) in [6, 6.07) is 7.44. The van der Waals surface area contributed by atoms with E-state index in [0.717, 1.165) is 23.8 Å². The lowest BCUT2D eigenvalue weighted by Gasteiger charge is -2.14. The van der Waals surface area contributed by atoms with Gasteiger partial charge in [0.1, 0.15) is 35.5 Å². The number of methoxy groups -OCH3 is 1. The van der Waals surface area contributed by atoms with Gasteiger partial charge in [0.2, 0.25) is 10.0 Å². The van der Waals surface area contributed by atoms with Gasteiger partial charge >= 0.3 is 5.97 Å². The average Bonchev–Trinajstić information content (AvgIpc) is 3.03. The first-order valence-electron chi connectivity index (χ1n) is 9.06. The molecule has 2 N–H and O–H groups in total. The maximum atomic E-state index is 12.6. The summed E-state index contributed by atoms with van der Waals surface area (Å²) >= 11 is 0. The van der Waals surface area contributed by atoms with Crippen LogP contribution in [0, 0.1) is 0 Å². The average molecular weight is 421 g/mol. The van der Waals surface area contributed by atoms with Crippen LogP contribution in [0.2, 0.25) is 0 Å². The number of rotatable bonds is 7. The zero-order valence-electron chi connectivity index (χ0n) is 16.4. The molecule has 0 unspecified atom stereocenters. The third-order valence-electron chi connectivity index (χ3n) is 4.46. The summed E-state index contributed by atoms with van der Waals surface area (Å²) < 4.78 is 45.2. The predicted molar refractivity (Wildman–Crippen MR) is 105 cm³/mol. The Hall–Kier alpha value is -2.78. The predicted octanol–water partition coefficient (Wildman–Crippen LogP) is 2.42. The topological polar surface area (TPSA) is 114 Å². The van der Waals surface area contributed by atoms with E-state index in [2.05, 4.69) is 0 Å². The zero-order valence-corrected chi connectivity index (χ0v) is 17.2. The summed E-state index contributed by atoms with van der Waals surface area (Å²) in [7, 11) is -2.61. The van der Waals surface area contributed by atoms with Crippen molar-refractivity contribution in [2.45, 2.75) is 37.9 Å². The van der Waals surface area contributed by atoms with E-state index in [1.807, 2.05) is 19.9 Å². The zero-order chi connectivity index (χ0) is 21.2. The molecule has 0 radical (unpaired) electrons. The fourth-order valence-electron chi connectivity index (χ4n) is 3.13. The van der Waals surface area contributed by atoms with Crippen LogP contribution < -0.4 is 19.3 Å². The molecular formula is C20H23NO7S. The molecule has 156 valence electrons. The van der Waals surface area contributed by atoms with Gasteiger partial charge in [-0.25, -0.2) is 18.4 Å². The van der Waals surface area contributed by atoms with E-state index in [9.17, 15) is 13.2 Å². The molecule has 9 heteroatoms. The van der Waals surface area contributed by atoms with Crippen LogP contribution in [0.25, 0.3) is 0 Å². The maximum Gasteiger partial charge on any atom is 0.342 e. The molecule has 2 aromatic carbocycles. The summed E-state index contributed by atoms with van der Waals surface area (Å²) in [5.74, 6) is 0.783. The van der Waals surface area contributed by atoms with E-state index in [0.29, 0.717) is 17.9 Å². The molecule has 1 atom stereocenters. The molecule has 0 aliphatic carbocycles. The Labute approximate surface area is 169 Å². The molecule has 0 saturated carbocycles. The van der Waals surface area contributed by atoms with E-state index >= 15 is 0 Å². The fraction of sp³-hybridized carbons (Fsp3) is 0.350. The molecule has 1 aliphatic rings. The molecule has 0 saturated heterocycles. The lowest BCUT2D eigenvalue weighted by molar-refractivity contribution is 0.0465. The maximum absolute atomic E-state index is 12.6. The summed E-state index contributed by atoms with van der Waals surface area (Å²) in [4.78, 5) is 12.4. The van der Waals surface area contributed by atoms with Crippen molar-refractivity contribution in [3.63, 3.8) is 0 Å². The van der Waals surface area contributed by atoms with Crippen molar-refractivity contribution in [2.24, 2.45) is 5.14 Å². The highest BCUT2D eigenvalue weighted by atomic mass is 32.2. The first-order valence-corrected chi connectivity index (χ1v) is 10.6. The number of benzene rings is 2. The Balaban J connectivity index is 1.85. The fourth-order valence-corrected chi connectivity index (χ4v) is 3.67. The Bertz CT molecular complexity index is 1030. The standard InChI is InChI=1S/C20H23NO7S/c1-4-26-18-8-13-7-12(2)28-19(13)9-14(18)11-27-20(22)16-10-15(29(21,23)24)5-6-17(16)25-3/h5-6,8-10,12H,4,7,11H2,1-3H3,(H2,21,23,24)/t12-/m1/s1. The Morgan fingerprint density at radius 3 is 2.66 bits per heavy atom. The second-order valence-corrected chi connectivity index (χ2v) is 8.18. The molecule has 2 aromatic rings. The van der Waals surface area contributed by atoms with E-state index in [1.54, 1.807) is 6.07 Å². The molecule has 1 aliphatic heterocycles. The third-order valence-corrected chi connectivity index (χ3v) is 5.37. The first-order chi connectivity index (χ1) is 13.7. The summed E-state index contributed by atoms with van der Waals surface area (Å²) in [6.07, 6.45) is 0.857. The van der Waals surface area contributed by atoms with Gasteiger partial charge in [-0.05, 0) is 44.2 Å². The number of primary sulfonamides is 1. The van der Waals surface area contributed by atoms with Gasteiger partial charge < -0.3 is 18.9 Å². The van der Waals surface area contributed by atoms with Crippen LogP contribution in [0.1, 0.15) is 35.3 Å². The number of carbonyl (C=O) groups is 1. The van der Waals surface area contributed by atoms with Gasteiger partial charge in [0.05, 0.1) is 18.6 Å². The van der Waals surface area contributed by atoms with Gasteiger partial charge in [-0.3, -0.25) is 0 Å². The molecule has 29 heavy (non-hydrogen) atoms. The summed E-state index contributed by atoms with van der Waals surface area (Å²) in [5.41, 5.74) is 1.65. The van der Waals surface area contributed by atoms with Crippen LogP contribution in [-0.4, -0.2) is 34.2 Å². The number of carbonyl (C=O) groups excluding carboxylic acids is 1. The van der Waals surface area contributed by atoms with Crippen molar-refractivity contribution < 1.29 is 32.2 Å². The number of esters is 1. The molecule has 1 heterocycles. The Morgan fingerprint density at radius 2 is 2.00 bits per heavy atom.